The zero-order chi connectivity index (χ0) is 18.1. The standard InChI is InChI=1S/C21H22BrN3O/c1-15-9-11-24(12-10-15)14-25-19-8-3-2-7-18(19)20(21(25)26)23-17-6-4-5-16(22)13-17/h2-8,13,15H,9-12,14H2,1H3. The Labute approximate surface area is 162 Å². The predicted octanol–water partition coefficient (Wildman–Crippen LogP) is 4.61. The van der Waals surface area contributed by atoms with Crippen molar-refractivity contribution in [3.63, 3.8) is 0 Å². The number of rotatable bonds is 3. The fourth-order valence-electron chi connectivity index (χ4n) is 3.59. The number of aliphatic imine (C=N–C) groups is 1. The molecule has 2 aromatic rings. The molecule has 2 aromatic carbocycles. The van der Waals surface area contributed by atoms with Gasteiger partial charge in [0.2, 0.25) is 0 Å². The van der Waals surface area contributed by atoms with Gasteiger partial charge in [0, 0.05) is 23.1 Å². The van der Waals surface area contributed by atoms with Crippen molar-refractivity contribution in [2.45, 2.75) is 19.8 Å². The Morgan fingerprint density at radius 1 is 1.12 bits per heavy atom. The number of fused-ring (bicyclic) bond motifs is 1. The molecule has 4 nitrogen and oxygen atoms in total. The van der Waals surface area contributed by atoms with E-state index >= 15 is 0 Å². The lowest BCUT2D eigenvalue weighted by Gasteiger charge is -2.33. The molecule has 0 aromatic heterocycles. The Bertz CT molecular complexity index is 856. The summed E-state index contributed by atoms with van der Waals surface area (Å²) in [5.41, 5.74) is 3.20. The summed E-state index contributed by atoms with van der Waals surface area (Å²) in [6.45, 7) is 5.03. The van der Waals surface area contributed by atoms with Gasteiger partial charge in [-0.25, -0.2) is 4.99 Å². The lowest BCUT2D eigenvalue weighted by Crippen LogP contribution is -2.44. The monoisotopic (exact) mass is 411 g/mol. The Balaban J connectivity index is 1.64. The third-order valence-electron chi connectivity index (χ3n) is 5.16. The molecule has 1 amide bonds. The fourth-order valence-corrected chi connectivity index (χ4v) is 3.98. The largest absolute Gasteiger partial charge is 0.293 e. The molecule has 0 aliphatic carbocycles. The molecule has 0 bridgehead atoms. The molecular formula is C21H22BrN3O. The number of anilines is 1. The number of nitrogens with zero attached hydrogens (tertiary/aromatic N) is 3. The van der Waals surface area contributed by atoms with Gasteiger partial charge in [-0.2, -0.15) is 0 Å². The van der Waals surface area contributed by atoms with E-state index in [1.807, 2.05) is 53.4 Å². The number of hydrogen-bond donors (Lipinski definition) is 0. The minimum Gasteiger partial charge on any atom is -0.293 e. The molecule has 1 saturated heterocycles. The summed E-state index contributed by atoms with van der Waals surface area (Å²) in [4.78, 5) is 22.1. The van der Waals surface area contributed by atoms with Crippen LogP contribution in [0.4, 0.5) is 11.4 Å². The summed E-state index contributed by atoms with van der Waals surface area (Å²) in [6.07, 6.45) is 2.39. The molecule has 2 aliphatic heterocycles. The summed E-state index contributed by atoms with van der Waals surface area (Å²) in [7, 11) is 0. The zero-order valence-electron chi connectivity index (χ0n) is 14.9. The van der Waals surface area contributed by atoms with Gasteiger partial charge in [0.1, 0.15) is 5.71 Å². The van der Waals surface area contributed by atoms with E-state index in [1.54, 1.807) is 0 Å². The number of amides is 1. The smallest absolute Gasteiger partial charge is 0.278 e. The zero-order valence-corrected chi connectivity index (χ0v) is 16.4. The molecule has 26 heavy (non-hydrogen) atoms. The van der Waals surface area contributed by atoms with Crippen LogP contribution in [0.15, 0.2) is 58.0 Å². The maximum atomic E-state index is 13.1. The van der Waals surface area contributed by atoms with Crippen molar-refractivity contribution in [2.75, 3.05) is 24.7 Å². The SMILES string of the molecule is CC1CCN(CN2C(=O)C(=Nc3cccc(Br)c3)c3ccccc32)CC1. The van der Waals surface area contributed by atoms with Gasteiger partial charge in [0.25, 0.3) is 5.91 Å². The summed E-state index contributed by atoms with van der Waals surface area (Å²) in [5, 5.41) is 0. The number of likely N-dealkylation sites (tertiary alicyclic amines) is 1. The molecule has 2 aliphatic rings. The first-order valence-electron chi connectivity index (χ1n) is 9.10. The van der Waals surface area contributed by atoms with Gasteiger partial charge >= 0.3 is 0 Å². The minimum absolute atomic E-state index is 0.00945. The summed E-state index contributed by atoms with van der Waals surface area (Å²) in [6, 6.07) is 15.7. The van der Waals surface area contributed by atoms with E-state index in [2.05, 4.69) is 32.7 Å². The second-order valence-corrected chi connectivity index (χ2v) is 8.05. The topological polar surface area (TPSA) is 35.9 Å². The van der Waals surface area contributed by atoms with Crippen LogP contribution in [-0.4, -0.2) is 36.3 Å². The van der Waals surface area contributed by atoms with Crippen LogP contribution in [-0.2, 0) is 4.79 Å². The van der Waals surface area contributed by atoms with Gasteiger partial charge in [-0.15, -0.1) is 0 Å². The fraction of sp³-hybridized carbons (Fsp3) is 0.333. The molecule has 0 saturated carbocycles. The van der Waals surface area contributed by atoms with Crippen molar-refractivity contribution in [2.24, 2.45) is 10.9 Å². The third kappa shape index (κ3) is 3.46. The Morgan fingerprint density at radius 2 is 1.88 bits per heavy atom. The molecular weight excluding hydrogens is 390 g/mol. The lowest BCUT2D eigenvalue weighted by molar-refractivity contribution is -0.112. The highest BCUT2D eigenvalue weighted by molar-refractivity contribution is 9.10. The highest BCUT2D eigenvalue weighted by Crippen LogP contribution is 2.32. The maximum absolute atomic E-state index is 13.1. The second-order valence-electron chi connectivity index (χ2n) is 7.13. The van der Waals surface area contributed by atoms with Crippen molar-refractivity contribution >= 4 is 38.9 Å². The number of piperidine rings is 1. The molecule has 5 heteroatoms. The average molecular weight is 412 g/mol. The normalized spacial score (nSPS) is 20.0. The summed E-state index contributed by atoms with van der Waals surface area (Å²) >= 11 is 3.47. The van der Waals surface area contributed by atoms with E-state index in [4.69, 9.17) is 0 Å². The number of hydrogen-bond acceptors (Lipinski definition) is 3. The average Bonchev–Trinajstić information content (AvgIpc) is 2.90. The minimum atomic E-state index is -0.00945. The number of carbonyl (C=O) groups excluding carboxylic acids is 1. The first-order chi connectivity index (χ1) is 12.6. The van der Waals surface area contributed by atoms with E-state index < -0.39 is 0 Å². The number of halogens is 1. The molecule has 134 valence electrons. The van der Waals surface area contributed by atoms with Gasteiger partial charge < -0.3 is 0 Å². The van der Waals surface area contributed by atoms with Gasteiger partial charge in [0.15, 0.2) is 0 Å². The summed E-state index contributed by atoms with van der Waals surface area (Å²) in [5.74, 6) is 0.770. The van der Waals surface area contributed by atoms with Crippen LogP contribution in [0.1, 0.15) is 25.3 Å². The molecule has 0 N–H and O–H groups in total. The van der Waals surface area contributed by atoms with E-state index in [0.717, 1.165) is 40.4 Å². The molecule has 1 fully saturated rings. The Hall–Kier alpha value is -1.98. The lowest BCUT2D eigenvalue weighted by atomic mass is 10.00. The highest BCUT2D eigenvalue weighted by atomic mass is 79.9. The van der Waals surface area contributed by atoms with Crippen LogP contribution < -0.4 is 4.90 Å². The van der Waals surface area contributed by atoms with Crippen molar-refractivity contribution in [3.05, 3.63) is 58.6 Å². The van der Waals surface area contributed by atoms with Crippen molar-refractivity contribution in [1.82, 2.24) is 4.90 Å². The number of benzene rings is 2. The quantitative estimate of drug-likeness (QED) is 0.739. The molecule has 0 atom stereocenters. The summed E-state index contributed by atoms with van der Waals surface area (Å²) < 4.78 is 0.956. The van der Waals surface area contributed by atoms with E-state index in [-0.39, 0.29) is 5.91 Å². The van der Waals surface area contributed by atoms with Crippen molar-refractivity contribution in [1.29, 1.82) is 0 Å². The first-order valence-corrected chi connectivity index (χ1v) is 9.89. The third-order valence-corrected chi connectivity index (χ3v) is 5.66. The van der Waals surface area contributed by atoms with Gasteiger partial charge in [0.05, 0.1) is 18.0 Å². The molecule has 0 radical (unpaired) electrons. The van der Waals surface area contributed by atoms with Gasteiger partial charge in [-0.3, -0.25) is 14.6 Å². The predicted molar refractivity (Wildman–Crippen MR) is 109 cm³/mol. The van der Waals surface area contributed by atoms with E-state index in [1.165, 1.54) is 12.8 Å². The van der Waals surface area contributed by atoms with E-state index in [9.17, 15) is 4.79 Å². The highest BCUT2D eigenvalue weighted by Gasteiger charge is 2.35. The van der Waals surface area contributed by atoms with Crippen LogP contribution in [0.2, 0.25) is 0 Å². The van der Waals surface area contributed by atoms with Crippen LogP contribution in [0.3, 0.4) is 0 Å². The van der Waals surface area contributed by atoms with Crippen molar-refractivity contribution in [3.8, 4) is 0 Å². The second kappa shape index (κ2) is 7.33. The van der Waals surface area contributed by atoms with Crippen LogP contribution in [0.5, 0.6) is 0 Å². The molecule has 0 spiro atoms. The Kier molecular flexibility index (Phi) is 4.92. The van der Waals surface area contributed by atoms with Crippen LogP contribution in [0, 0.1) is 5.92 Å². The van der Waals surface area contributed by atoms with Gasteiger partial charge in [-0.05, 0) is 43.0 Å². The van der Waals surface area contributed by atoms with Crippen LogP contribution >= 0.6 is 15.9 Å². The molecule has 0 unspecified atom stereocenters. The molecule has 4 rings (SSSR count). The number of para-hydroxylation sites is 1. The number of carbonyl (C=O) groups is 1. The van der Waals surface area contributed by atoms with Crippen molar-refractivity contribution < 1.29 is 4.79 Å². The molecule has 2 heterocycles. The van der Waals surface area contributed by atoms with E-state index in [0.29, 0.717) is 12.4 Å². The Morgan fingerprint density at radius 3 is 2.65 bits per heavy atom. The maximum Gasteiger partial charge on any atom is 0.278 e. The van der Waals surface area contributed by atoms with Gasteiger partial charge in [-0.1, -0.05) is 47.1 Å². The van der Waals surface area contributed by atoms with Crippen LogP contribution in [0.25, 0.3) is 0 Å². The first kappa shape index (κ1) is 17.4.